The van der Waals surface area contributed by atoms with Gasteiger partial charge < -0.3 is 18.9 Å². The van der Waals surface area contributed by atoms with Crippen LogP contribution < -0.4 is 0 Å². The molecule has 122 valence electrons. The van der Waals surface area contributed by atoms with Gasteiger partial charge in [0.1, 0.15) is 6.61 Å². The number of rotatable bonds is 4. The largest absolute Gasteiger partial charge is 0.381 e. The van der Waals surface area contributed by atoms with Crippen LogP contribution in [0.1, 0.15) is 49.2 Å². The number of likely N-dealkylation sites (tertiary alicyclic amines) is 1. The van der Waals surface area contributed by atoms with E-state index >= 15 is 0 Å². The van der Waals surface area contributed by atoms with Gasteiger partial charge in [-0.05, 0) is 25.7 Å². The second-order valence-corrected chi connectivity index (χ2v) is 5.99. The first-order chi connectivity index (χ1) is 10.8. The van der Waals surface area contributed by atoms with Gasteiger partial charge in [-0.2, -0.15) is 4.98 Å². The molecule has 7 heteroatoms. The Morgan fingerprint density at radius 3 is 2.91 bits per heavy atom. The Labute approximate surface area is 129 Å². The molecule has 22 heavy (non-hydrogen) atoms. The molecule has 0 aromatic carbocycles. The van der Waals surface area contributed by atoms with Crippen LogP contribution in [0.3, 0.4) is 0 Å². The highest BCUT2D eigenvalue weighted by Crippen LogP contribution is 2.29. The first-order valence-corrected chi connectivity index (χ1v) is 7.96. The van der Waals surface area contributed by atoms with Gasteiger partial charge in [-0.15, -0.1) is 0 Å². The summed E-state index contributed by atoms with van der Waals surface area (Å²) in [6.07, 6.45) is 3.82. The summed E-state index contributed by atoms with van der Waals surface area (Å²) in [6.45, 7) is 3.07. The quantitative estimate of drug-likeness (QED) is 0.834. The molecular formula is C15H23N3O4. The van der Waals surface area contributed by atoms with Crippen molar-refractivity contribution >= 4 is 5.91 Å². The molecule has 0 spiro atoms. The van der Waals surface area contributed by atoms with Crippen LogP contribution in [0.4, 0.5) is 0 Å². The van der Waals surface area contributed by atoms with E-state index in [2.05, 4.69) is 10.1 Å². The van der Waals surface area contributed by atoms with Crippen molar-refractivity contribution in [3.63, 3.8) is 0 Å². The summed E-state index contributed by atoms with van der Waals surface area (Å²) in [5.41, 5.74) is 0. The summed E-state index contributed by atoms with van der Waals surface area (Å²) in [7, 11) is 1.54. The predicted molar refractivity (Wildman–Crippen MR) is 77.5 cm³/mol. The maximum absolute atomic E-state index is 11.9. The third-order valence-corrected chi connectivity index (χ3v) is 4.44. The Hall–Kier alpha value is -1.47. The maximum atomic E-state index is 11.9. The predicted octanol–water partition coefficient (Wildman–Crippen LogP) is 1.32. The molecule has 2 saturated heterocycles. The van der Waals surface area contributed by atoms with Crippen molar-refractivity contribution < 1.29 is 18.8 Å². The van der Waals surface area contributed by atoms with Gasteiger partial charge in [0.2, 0.25) is 11.8 Å². The molecule has 0 radical (unpaired) electrons. The fourth-order valence-electron chi connectivity index (χ4n) is 3.15. The minimum atomic E-state index is 0.0244. The van der Waals surface area contributed by atoms with Crippen molar-refractivity contribution in [3.8, 4) is 0 Å². The Balaban J connectivity index is 1.63. The molecule has 1 unspecified atom stereocenters. The van der Waals surface area contributed by atoms with Gasteiger partial charge in [0.05, 0.1) is 5.92 Å². The lowest BCUT2D eigenvalue weighted by atomic mass is 9.97. The fourth-order valence-corrected chi connectivity index (χ4v) is 3.15. The average Bonchev–Trinajstić information content (AvgIpc) is 3.06. The van der Waals surface area contributed by atoms with Crippen molar-refractivity contribution in [2.24, 2.45) is 0 Å². The van der Waals surface area contributed by atoms with E-state index < -0.39 is 0 Å². The minimum Gasteiger partial charge on any atom is -0.381 e. The lowest BCUT2D eigenvalue weighted by Gasteiger charge is -2.30. The van der Waals surface area contributed by atoms with Crippen LogP contribution in [0.25, 0.3) is 0 Å². The molecule has 2 aliphatic heterocycles. The molecule has 2 fully saturated rings. The van der Waals surface area contributed by atoms with Crippen LogP contribution in [-0.2, 0) is 14.3 Å². The number of hydrogen-bond acceptors (Lipinski definition) is 6. The van der Waals surface area contributed by atoms with Gasteiger partial charge in [-0.3, -0.25) is 4.79 Å². The number of carbonyl (C=O) groups excluding carboxylic acids is 1. The molecule has 7 nitrogen and oxygen atoms in total. The maximum Gasteiger partial charge on any atom is 0.248 e. The molecule has 1 atom stereocenters. The van der Waals surface area contributed by atoms with Gasteiger partial charge in [0.25, 0.3) is 0 Å². The Morgan fingerprint density at radius 1 is 1.32 bits per heavy atom. The van der Waals surface area contributed by atoms with Crippen LogP contribution in [0, 0.1) is 0 Å². The molecule has 1 aromatic rings. The second-order valence-electron chi connectivity index (χ2n) is 5.99. The molecule has 1 amide bonds. The minimum absolute atomic E-state index is 0.0244. The molecule has 1 aromatic heterocycles. The number of hydrogen-bond donors (Lipinski definition) is 0. The van der Waals surface area contributed by atoms with Crippen LogP contribution in [0.5, 0.6) is 0 Å². The zero-order valence-corrected chi connectivity index (χ0v) is 13.0. The molecule has 0 aliphatic carbocycles. The zero-order chi connectivity index (χ0) is 15.4. The van der Waals surface area contributed by atoms with E-state index in [-0.39, 0.29) is 18.4 Å². The van der Waals surface area contributed by atoms with Gasteiger partial charge in [0.15, 0.2) is 5.82 Å². The smallest absolute Gasteiger partial charge is 0.248 e. The van der Waals surface area contributed by atoms with Crippen LogP contribution in [-0.4, -0.2) is 61.0 Å². The summed E-state index contributed by atoms with van der Waals surface area (Å²) >= 11 is 0. The molecule has 0 bridgehead atoms. The third kappa shape index (κ3) is 3.47. The summed E-state index contributed by atoms with van der Waals surface area (Å²) in [5, 5.41) is 4.15. The van der Waals surface area contributed by atoms with E-state index in [0.717, 1.165) is 51.3 Å². The topological polar surface area (TPSA) is 77.7 Å². The Morgan fingerprint density at radius 2 is 2.14 bits per heavy atom. The molecule has 2 aliphatic rings. The highest BCUT2D eigenvalue weighted by atomic mass is 16.5. The van der Waals surface area contributed by atoms with Gasteiger partial charge in [-0.25, -0.2) is 0 Å². The number of nitrogens with zero attached hydrogens (tertiary/aromatic N) is 3. The van der Waals surface area contributed by atoms with E-state index in [0.29, 0.717) is 18.4 Å². The van der Waals surface area contributed by atoms with Crippen LogP contribution >= 0.6 is 0 Å². The van der Waals surface area contributed by atoms with E-state index in [1.165, 1.54) is 7.11 Å². The number of ether oxygens (including phenoxy) is 2. The number of carbonyl (C=O) groups is 1. The van der Waals surface area contributed by atoms with Gasteiger partial charge in [-0.1, -0.05) is 5.16 Å². The monoisotopic (exact) mass is 309 g/mol. The first-order valence-electron chi connectivity index (χ1n) is 7.96. The summed E-state index contributed by atoms with van der Waals surface area (Å²) in [4.78, 5) is 18.4. The lowest BCUT2D eigenvalue weighted by molar-refractivity contribution is -0.136. The molecule has 0 saturated carbocycles. The molecular weight excluding hydrogens is 286 g/mol. The summed E-state index contributed by atoms with van der Waals surface area (Å²) in [5.74, 6) is 1.95. The number of aromatic nitrogens is 2. The van der Waals surface area contributed by atoms with Crippen LogP contribution in [0.2, 0.25) is 0 Å². The SMILES string of the molecule is COCC(=O)N1CCCC(c2nc(C3CCOCC3)no2)C1. The molecule has 3 heterocycles. The highest BCUT2D eigenvalue weighted by Gasteiger charge is 2.29. The number of amides is 1. The molecule has 0 N–H and O–H groups in total. The van der Waals surface area contributed by atoms with Gasteiger partial charge >= 0.3 is 0 Å². The van der Waals surface area contributed by atoms with Crippen molar-refractivity contribution in [3.05, 3.63) is 11.7 Å². The highest BCUT2D eigenvalue weighted by molar-refractivity contribution is 5.77. The number of methoxy groups -OCH3 is 1. The Kier molecular flexibility index (Phi) is 5.04. The van der Waals surface area contributed by atoms with Gasteiger partial charge in [0, 0.05) is 39.3 Å². The zero-order valence-electron chi connectivity index (χ0n) is 13.0. The lowest BCUT2D eigenvalue weighted by Crippen LogP contribution is -2.41. The van der Waals surface area contributed by atoms with Crippen molar-refractivity contribution in [1.29, 1.82) is 0 Å². The molecule has 3 rings (SSSR count). The average molecular weight is 309 g/mol. The normalized spacial score (nSPS) is 23.7. The van der Waals surface area contributed by atoms with E-state index in [1.807, 2.05) is 4.90 Å². The van der Waals surface area contributed by atoms with Crippen molar-refractivity contribution in [2.45, 2.75) is 37.5 Å². The third-order valence-electron chi connectivity index (χ3n) is 4.44. The van der Waals surface area contributed by atoms with Crippen molar-refractivity contribution in [2.75, 3.05) is 40.0 Å². The van der Waals surface area contributed by atoms with E-state index in [9.17, 15) is 4.79 Å². The van der Waals surface area contributed by atoms with Crippen LogP contribution in [0.15, 0.2) is 4.52 Å². The van der Waals surface area contributed by atoms with Crippen molar-refractivity contribution in [1.82, 2.24) is 15.0 Å². The Bertz CT molecular complexity index is 499. The number of piperidine rings is 1. The van der Waals surface area contributed by atoms with E-state index in [1.54, 1.807) is 0 Å². The first kappa shape index (κ1) is 15.4. The summed E-state index contributed by atoms with van der Waals surface area (Å²) in [6, 6.07) is 0. The van der Waals surface area contributed by atoms with E-state index in [4.69, 9.17) is 14.0 Å². The second kappa shape index (κ2) is 7.19. The fraction of sp³-hybridized carbons (Fsp3) is 0.800. The standard InChI is InChI=1S/C15H23N3O4/c1-20-10-13(19)18-6-2-3-12(9-18)15-16-14(17-22-15)11-4-7-21-8-5-11/h11-12H,2-10H2,1H3. The summed E-state index contributed by atoms with van der Waals surface area (Å²) < 4.78 is 15.8.